The molecule has 0 aliphatic carbocycles. The van der Waals surface area contributed by atoms with Crippen LogP contribution >= 0.6 is 0 Å². The van der Waals surface area contributed by atoms with Crippen molar-refractivity contribution in [2.24, 2.45) is 5.92 Å². The molecule has 0 spiro atoms. The van der Waals surface area contributed by atoms with E-state index < -0.39 is 5.97 Å². The Morgan fingerprint density at radius 2 is 1.33 bits per heavy atom. The molecule has 1 unspecified atom stereocenters. The first kappa shape index (κ1) is 20.5. The fourth-order valence-electron chi connectivity index (χ4n) is 2.16. The predicted octanol–water partition coefficient (Wildman–Crippen LogP) is 3.93. The van der Waals surface area contributed by atoms with E-state index >= 15 is 0 Å². The van der Waals surface area contributed by atoms with Crippen molar-refractivity contribution in [3.8, 4) is 0 Å². The lowest BCUT2D eigenvalue weighted by atomic mass is 9.98. The molecule has 0 aromatic rings. The van der Waals surface area contributed by atoms with Gasteiger partial charge in [0.15, 0.2) is 0 Å². The summed E-state index contributed by atoms with van der Waals surface area (Å²) in [7, 11) is 4.08. The lowest BCUT2D eigenvalue weighted by Crippen LogP contribution is -2.45. The van der Waals surface area contributed by atoms with E-state index in [1.807, 2.05) is 0 Å². The molecule has 0 N–H and O–H groups in total. The number of hydrogen-bond acceptors (Lipinski definition) is 6. The first-order valence-electron chi connectivity index (χ1n) is 7.48. The molecule has 1 atom stereocenters. The zero-order valence-corrected chi connectivity index (χ0v) is 13.8. The highest BCUT2D eigenvalue weighted by Gasteiger charge is 2.45. The van der Waals surface area contributed by atoms with Gasteiger partial charge in [0, 0.05) is 0 Å². The summed E-state index contributed by atoms with van der Waals surface area (Å²) in [5, 5.41) is 0. The van der Waals surface area contributed by atoms with Crippen LogP contribution in [0.25, 0.3) is 0 Å². The summed E-state index contributed by atoms with van der Waals surface area (Å²) in [6, 6.07) is 0. The average molecular weight is 306 g/mol. The lowest BCUT2D eigenvalue weighted by Gasteiger charge is -2.32. The highest BCUT2D eigenvalue weighted by molar-refractivity contribution is 4.85. The molecule has 0 amide bonds. The van der Waals surface area contributed by atoms with Gasteiger partial charge in [-0.1, -0.05) is 51.5 Å². The molecular weight excluding hydrogens is 276 g/mol. The second-order valence-corrected chi connectivity index (χ2v) is 4.75. The van der Waals surface area contributed by atoms with E-state index in [0.29, 0.717) is 0 Å². The van der Waals surface area contributed by atoms with Gasteiger partial charge in [0.25, 0.3) is 0 Å². The molecule has 0 heterocycles. The monoisotopic (exact) mass is 306 g/mol. The molecule has 0 aliphatic heterocycles. The minimum Gasteiger partial charge on any atom is -0.235 e. The Labute approximate surface area is 128 Å². The van der Waals surface area contributed by atoms with Crippen molar-refractivity contribution in [1.82, 2.24) is 0 Å². The molecule has 0 bridgehead atoms. The van der Waals surface area contributed by atoms with Crippen LogP contribution in [0.15, 0.2) is 12.7 Å². The lowest BCUT2D eigenvalue weighted by molar-refractivity contribution is -0.632. The van der Waals surface area contributed by atoms with E-state index in [9.17, 15) is 0 Å². The van der Waals surface area contributed by atoms with E-state index in [1.54, 1.807) is 6.08 Å². The molecule has 0 aliphatic rings. The molecule has 6 nitrogen and oxygen atoms in total. The average Bonchev–Trinajstić information content (AvgIpc) is 2.47. The molecule has 0 aromatic heterocycles. The molecule has 0 saturated carbocycles. The summed E-state index contributed by atoms with van der Waals surface area (Å²) in [5.41, 5.74) is 0. The first-order chi connectivity index (χ1) is 10.2. The summed E-state index contributed by atoms with van der Waals surface area (Å²) in [4.78, 5) is 29.4. The summed E-state index contributed by atoms with van der Waals surface area (Å²) >= 11 is 0. The molecule has 0 rings (SSSR count). The van der Waals surface area contributed by atoms with Gasteiger partial charge >= 0.3 is 5.97 Å². The SMILES string of the molecule is C=CC(CCCCCCCC)C(OOC)(OOC)OOC. The zero-order valence-electron chi connectivity index (χ0n) is 13.8. The highest BCUT2D eigenvalue weighted by Crippen LogP contribution is 2.31. The standard InChI is InChI=1S/C15H30O6/c1-6-8-9-10-11-12-13-14(7-2)15(19-16-3,20-17-4)21-18-5/h7,14H,2,6,8-13H2,1,3-5H3. The summed E-state index contributed by atoms with van der Waals surface area (Å²) < 4.78 is 0. The van der Waals surface area contributed by atoms with Gasteiger partial charge in [0.1, 0.15) is 0 Å². The third-order valence-electron chi connectivity index (χ3n) is 3.21. The van der Waals surface area contributed by atoms with Crippen LogP contribution in [0.4, 0.5) is 0 Å². The topological polar surface area (TPSA) is 55.4 Å². The molecule has 0 radical (unpaired) electrons. The summed E-state index contributed by atoms with van der Waals surface area (Å²) in [5.74, 6) is -1.92. The van der Waals surface area contributed by atoms with Gasteiger partial charge in [-0.05, 0) is 6.42 Å². The second-order valence-electron chi connectivity index (χ2n) is 4.75. The summed E-state index contributed by atoms with van der Waals surface area (Å²) in [6.07, 6.45) is 9.56. The zero-order chi connectivity index (χ0) is 16.0. The van der Waals surface area contributed by atoms with E-state index in [4.69, 9.17) is 29.3 Å². The van der Waals surface area contributed by atoms with Crippen molar-refractivity contribution in [2.45, 2.75) is 57.8 Å². The molecule has 21 heavy (non-hydrogen) atoms. The van der Waals surface area contributed by atoms with Crippen molar-refractivity contribution in [2.75, 3.05) is 21.3 Å². The van der Waals surface area contributed by atoms with E-state index in [-0.39, 0.29) is 5.92 Å². The van der Waals surface area contributed by atoms with E-state index in [0.717, 1.165) is 19.3 Å². The minimum atomic E-state index is -1.62. The van der Waals surface area contributed by atoms with Crippen LogP contribution in [0.5, 0.6) is 0 Å². The predicted molar refractivity (Wildman–Crippen MR) is 78.7 cm³/mol. The Balaban J connectivity index is 4.47. The van der Waals surface area contributed by atoms with Crippen molar-refractivity contribution >= 4 is 0 Å². The molecule has 0 aromatic carbocycles. The fourth-order valence-corrected chi connectivity index (χ4v) is 2.16. The van der Waals surface area contributed by atoms with Crippen LogP contribution in [0.2, 0.25) is 0 Å². The van der Waals surface area contributed by atoms with Gasteiger partial charge in [0.05, 0.1) is 27.2 Å². The quantitative estimate of drug-likeness (QED) is 0.150. The fraction of sp³-hybridized carbons (Fsp3) is 0.867. The highest BCUT2D eigenvalue weighted by atomic mass is 17.4. The van der Waals surface area contributed by atoms with Crippen LogP contribution in [-0.2, 0) is 29.3 Å². The third-order valence-corrected chi connectivity index (χ3v) is 3.21. The van der Waals surface area contributed by atoms with E-state index in [2.05, 4.69) is 13.5 Å². The Hall–Kier alpha value is -0.500. The van der Waals surface area contributed by atoms with Gasteiger partial charge in [-0.15, -0.1) is 6.58 Å². The van der Waals surface area contributed by atoms with Crippen molar-refractivity contribution < 1.29 is 29.3 Å². The Morgan fingerprint density at radius 3 is 1.76 bits per heavy atom. The maximum absolute atomic E-state index is 5.09. The summed E-state index contributed by atoms with van der Waals surface area (Å²) in [6.45, 7) is 6.00. The van der Waals surface area contributed by atoms with Crippen molar-refractivity contribution in [3.05, 3.63) is 12.7 Å². The van der Waals surface area contributed by atoms with Crippen molar-refractivity contribution in [1.29, 1.82) is 0 Å². The maximum Gasteiger partial charge on any atom is 0.371 e. The smallest absolute Gasteiger partial charge is 0.235 e. The normalized spacial score (nSPS) is 13.3. The Bertz CT molecular complexity index is 229. The number of rotatable bonds is 15. The van der Waals surface area contributed by atoms with Gasteiger partial charge < -0.3 is 0 Å². The second kappa shape index (κ2) is 13.2. The van der Waals surface area contributed by atoms with Crippen LogP contribution in [0.3, 0.4) is 0 Å². The van der Waals surface area contributed by atoms with Gasteiger partial charge in [0.2, 0.25) is 0 Å². The molecule has 126 valence electrons. The molecule has 0 fully saturated rings. The van der Waals surface area contributed by atoms with Gasteiger partial charge in [-0.2, -0.15) is 14.7 Å². The van der Waals surface area contributed by atoms with Crippen LogP contribution in [0.1, 0.15) is 51.9 Å². The van der Waals surface area contributed by atoms with Crippen LogP contribution in [0, 0.1) is 5.92 Å². The first-order valence-corrected chi connectivity index (χ1v) is 7.48. The van der Waals surface area contributed by atoms with Crippen LogP contribution < -0.4 is 0 Å². The molecular formula is C15H30O6. The molecule has 6 heteroatoms. The van der Waals surface area contributed by atoms with Gasteiger partial charge in [-0.25, -0.2) is 14.7 Å². The maximum atomic E-state index is 5.09. The largest absolute Gasteiger partial charge is 0.371 e. The van der Waals surface area contributed by atoms with Gasteiger partial charge in [-0.3, -0.25) is 0 Å². The Morgan fingerprint density at radius 1 is 0.857 bits per heavy atom. The van der Waals surface area contributed by atoms with E-state index in [1.165, 1.54) is 47.0 Å². The minimum absolute atomic E-state index is 0.302. The third kappa shape index (κ3) is 7.90. The van der Waals surface area contributed by atoms with Crippen molar-refractivity contribution in [3.63, 3.8) is 0 Å². The number of hydrogen-bond donors (Lipinski definition) is 0. The Kier molecular flexibility index (Phi) is 12.9. The molecule has 0 saturated heterocycles. The number of unbranched alkanes of at least 4 members (excludes halogenated alkanes) is 5. The van der Waals surface area contributed by atoms with Crippen LogP contribution in [-0.4, -0.2) is 27.3 Å².